The van der Waals surface area contributed by atoms with Crippen LogP contribution in [0, 0.1) is 6.92 Å². The van der Waals surface area contributed by atoms with Gasteiger partial charge < -0.3 is 5.11 Å². The van der Waals surface area contributed by atoms with Crippen LogP contribution in [-0.2, 0) is 4.79 Å². The number of carbonyl (C=O) groups excluding carboxylic acids is 1. The Balaban J connectivity index is 1.96. The number of hydrogen-bond donors (Lipinski definition) is 1. The highest BCUT2D eigenvalue weighted by atomic mass is 16.3. The van der Waals surface area contributed by atoms with E-state index in [9.17, 15) is 9.90 Å². The minimum Gasteiger partial charge on any atom is -0.508 e. The number of benzene rings is 2. The zero-order valence-corrected chi connectivity index (χ0v) is 12.7. The molecule has 4 nitrogen and oxygen atoms in total. The maximum atomic E-state index is 11.9. The summed E-state index contributed by atoms with van der Waals surface area (Å²) >= 11 is 0. The highest BCUT2D eigenvalue weighted by Gasteiger charge is 2.32. The van der Waals surface area contributed by atoms with E-state index >= 15 is 0 Å². The summed E-state index contributed by atoms with van der Waals surface area (Å²) in [7, 11) is 0. The third-order valence-corrected chi connectivity index (χ3v) is 3.91. The Morgan fingerprint density at radius 1 is 1.18 bits per heavy atom. The molecule has 1 aliphatic rings. The summed E-state index contributed by atoms with van der Waals surface area (Å²) in [6, 6.07) is 14.9. The molecule has 0 spiro atoms. The van der Waals surface area contributed by atoms with E-state index < -0.39 is 0 Å². The van der Waals surface area contributed by atoms with Gasteiger partial charge in [-0.3, -0.25) is 4.79 Å². The molecule has 1 unspecified atom stereocenters. The molecule has 0 aliphatic carbocycles. The van der Waals surface area contributed by atoms with E-state index in [0.29, 0.717) is 6.42 Å². The van der Waals surface area contributed by atoms with Crippen LogP contribution in [0.3, 0.4) is 0 Å². The second kappa shape index (κ2) is 5.64. The van der Waals surface area contributed by atoms with Gasteiger partial charge >= 0.3 is 0 Å². The molecule has 0 bridgehead atoms. The van der Waals surface area contributed by atoms with Crippen molar-refractivity contribution in [1.82, 2.24) is 5.01 Å². The van der Waals surface area contributed by atoms with Gasteiger partial charge in [0.2, 0.25) is 5.91 Å². The molecule has 1 aliphatic heterocycles. The van der Waals surface area contributed by atoms with Crippen LogP contribution in [0.1, 0.15) is 36.1 Å². The van der Waals surface area contributed by atoms with E-state index in [-0.39, 0.29) is 17.7 Å². The molecule has 0 fully saturated rings. The summed E-state index contributed by atoms with van der Waals surface area (Å²) in [4.78, 5) is 11.9. The average Bonchev–Trinajstić information content (AvgIpc) is 2.93. The van der Waals surface area contributed by atoms with Crippen LogP contribution < -0.4 is 0 Å². The molecule has 1 amide bonds. The van der Waals surface area contributed by atoms with Crippen molar-refractivity contribution in [2.75, 3.05) is 0 Å². The first kappa shape index (κ1) is 14.3. The third-order valence-electron chi connectivity index (χ3n) is 3.91. The van der Waals surface area contributed by atoms with Crippen LogP contribution in [0.4, 0.5) is 0 Å². The molecule has 1 heterocycles. The molecular weight excluding hydrogens is 276 g/mol. The highest BCUT2D eigenvalue weighted by Crippen LogP contribution is 2.36. The maximum Gasteiger partial charge on any atom is 0.240 e. The van der Waals surface area contributed by atoms with Gasteiger partial charge in [0, 0.05) is 18.9 Å². The second-order valence-corrected chi connectivity index (χ2v) is 5.56. The predicted molar refractivity (Wildman–Crippen MR) is 85.7 cm³/mol. The Bertz CT molecular complexity index is 735. The number of phenolic OH excluding ortho intramolecular Hbond substituents is 1. The summed E-state index contributed by atoms with van der Waals surface area (Å²) in [5.41, 5.74) is 3.78. The monoisotopic (exact) mass is 294 g/mol. The molecule has 22 heavy (non-hydrogen) atoms. The predicted octanol–water partition coefficient (Wildman–Crippen LogP) is 3.40. The van der Waals surface area contributed by atoms with Crippen LogP contribution in [0.5, 0.6) is 5.75 Å². The summed E-state index contributed by atoms with van der Waals surface area (Å²) in [5.74, 6) is 0.0643. The number of hydrazone groups is 1. The number of hydrogen-bond acceptors (Lipinski definition) is 3. The molecule has 2 aromatic rings. The molecular formula is C18H18N2O2. The molecule has 2 aromatic carbocycles. The van der Waals surface area contributed by atoms with Crippen molar-refractivity contribution in [3.63, 3.8) is 0 Å². The van der Waals surface area contributed by atoms with Gasteiger partial charge in [0.1, 0.15) is 5.75 Å². The highest BCUT2D eigenvalue weighted by molar-refractivity contribution is 6.03. The van der Waals surface area contributed by atoms with Crippen LogP contribution in [0.15, 0.2) is 53.6 Å². The molecule has 0 saturated carbocycles. The number of carbonyl (C=O) groups is 1. The van der Waals surface area contributed by atoms with Crippen LogP contribution in [-0.4, -0.2) is 21.7 Å². The second-order valence-electron chi connectivity index (χ2n) is 5.56. The van der Waals surface area contributed by atoms with Crippen molar-refractivity contribution in [3.8, 4) is 5.75 Å². The van der Waals surface area contributed by atoms with Crippen LogP contribution >= 0.6 is 0 Å². The van der Waals surface area contributed by atoms with Gasteiger partial charge in [-0.25, -0.2) is 5.01 Å². The summed E-state index contributed by atoms with van der Waals surface area (Å²) in [6.07, 6.45) is 0.597. The van der Waals surface area contributed by atoms with Crippen molar-refractivity contribution in [1.29, 1.82) is 0 Å². The van der Waals surface area contributed by atoms with Crippen molar-refractivity contribution in [2.45, 2.75) is 26.3 Å². The Hall–Kier alpha value is -2.62. The van der Waals surface area contributed by atoms with Gasteiger partial charge in [-0.1, -0.05) is 48.0 Å². The molecule has 0 aromatic heterocycles. The Morgan fingerprint density at radius 3 is 2.50 bits per heavy atom. The average molecular weight is 294 g/mol. The minimum atomic E-state index is -0.255. The number of aryl methyl sites for hydroxylation is 1. The molecule has 1 atom stereocenters. The quantitative estimate of drug-likeness (QED) is 0.923. The van der Waals surface area contributed by atoms with Crippen LogP contribution in [0.25, 0.3) is 0 Å². The SMILES string of the molecule is CC(=O)N1N=C(c2ccc(C)cc2)CC1c1ccccc1O. The topological polar surface area (TPSA) is 52.9 Å². The normalized spacial score (nSPS) is 17.5. The van der Waals surface area contributed by atoms with E-state index in [1.807, 2.05) is 43.3 Å². The number of amides is 1. The summed E-state index contributed by atoms with van der Waals surface area (Å²) in [6.45, 7) is 3.53. The fourth-order valence-electron chi connectivity index (χ4n) is 2.73. The summed E-state index contributed by atoms with van der Waals surface area (Å²) in [5, 5.41) is 16.0. The standard InChI is InChI=1S/C18H18N2O2/c1-12-7-9-14(10-8-12)16-11-17(20(19-16)13(2)21)15-5-3-4-6-18(15)22/h3-10,17,22H,11H2,1-2H3. The number of rotatable bonds is 2. The van der Waals surface area contributed by atoms with Gasteiger partial charge in [-0.15, -0.1) is 0 Å². The fourth-order valence-corrected chi connectivity index (χ4v) is 2.73. The molecule has 3 rings (SSSR count). The summed E-state index contributed by atoms with van der Waals surface area (Å²) < 4.78 is 0. The molecule has 4 heteroatoms. The zero-order valence-electron chi connectivity index (χ0n) is 12.7. The lowest BCUT2D eigenvalue weighted by Gasteiger charge is -2.21. The lowest BCUT2D eigenvalue weighted by atomic mass is 9.97. The third kappa shape index (κ3) is 2.60. The largest absolute Gasteiger partial charge is 0.508 e. The Kier molecular flexibility index (Phi) is 3.67. The van der Waals surface area contributed by atoms with Crippen molar-refractivity contribution in [2.24, 2.45) is 5.10 Å². The number of nitrogens with zero attached hydrogens (tertiary/aromatic N) is 2. The zero-order chi connectivity index (χ0) is 15.7. The number of aromatic hydroxyl groups is 1. The first-order valence-electron chi connectivity index (χ1n) is 7.28. The van der Waals surface area contributed by atoms with Crippen molar-refractivity contribution >= 4 is 11.6 Å². The lowest BCUT2D eigenvalue weighted by molar-refractivity contribution is -0.130. The van der Waals surface area contributed by atoms with Gasteiger partial charge in [0.05, 0.1) is 11.8 Å². The minimum absolute atomic E-state index is 0.129. The van der Waals surface area contributed by atoms with Crippen LogP contribution in [0.2, 0.25) is 0 Å². The van der Waals surface area contributed by atoms with Crippen molar-refractivity contribution in [3.05, 3.63) is 65.2 Å². The lowest BCUT2D eigenvalue weighted by Crippen LogP contribution is -2.24. The molecule has 0 radical (unpaired) electrons. The maximum absolute atomic E-state index is 11.9. The van der Waals surface area contributed by atoms with E-state index in [1.165, 1.54) is 17.5 Å². The Labute approximate surface area is 129 Å². The first-order chi connectivity index (χ1) is 10.6. The van der Waals surface area contributed by atoms with Gasteiger partial charge in [-0.2, -0.15) is 5.10 Å². The van der Waals surface area contributed by atoms with E-state index in [1.54, 1.807) is 12.1 Å². The smallest absolute Gasteiger partial charge is 0.240 e. The molecule has 1 N–H and O–H groups in total. The van der Waals surface area contributed by atoms with E-state index in [2.05, 4.69) is 5.10 Å². The Morgan fingerprint density at radius 2 is 1.86 bits per heavy atom. The first-order valence-corrected chi connectivity index (χ1v) is 7.28. The number of para-hydroxylation sites is 1. The van der Waals surface area contributed by atoms with Gasteiger partial charge in [0.15, 0.2) is 0 Å². The number of phenols is 1. The van der Waals surface area contributed by atoms with Gasteiger partial charge in [-0.05, 0) is 18.6 Å². The molecule has 0 saturated heterocycles. The van der Waals surface area contributed by atoms with E-state index in [4.69, 9.17) is 0 Å². The van der Waals surface area contributed by atoms with E-state index in [0.717, 1.165) is 16.8 Å². The van der Waals surface area contributed by atoms with Gasteiger partial charge in [0.25, 0.3) is 0 Å². The fraction of sp³-hybridized carbons (Fsp3) is 0.222. The molecule has 112 valence electrons. The van der Waals surface area contributed by atoms with Crippen molar-refractivity contribution < 1.29 is 9.90 Å².